The zero-order valence-electron chi connectivity index (χ0n) is 12.3. The summed E-state index contributed by atoms with van der Waals surface area (Å²) in [5, 5.41) is 3.34. The van der Waals surface area contributed by atoms with Crippen LogP contribution in [0.1, 0.15) is 17.4 Å². The van der Waals surface area contributed by atoms with Crippen molar-refractivity contribution in [3.05, 3.63) is 48.0 Å². The third kappa shape index (κ3) is 3.62. The van der Waals surface area contributed by atoms with E-state index in [0.29, 0.717) is 6.61 Å². The van der Waals surface area contributed by atoms with Gasteiger partial charge in [-0.15, -0.1) is 0 Å². The van der Waals surface area contributed by atoms with E-state index in [1.165, 1.54) is 5.56 Å². The molecule has 5 heteroatoms. The molecule has 1 saturated heterocycles. The number of benzene rings is 1. The average molecular weight is 287 g/mol. The molecule has 112 valence electrons. The van der Waals surface area contributed by atoms with Gasteiger partial charge in [0.1, 0.15) is 18.5 Å². The van der Waals surface area contributed by atoms with E-state index in [9.17, 15) is 0 Å². The van der Waals surface area contributed by atoms with E-state index in [4.69, 9.17) is 9.47 Å². The molecule has 2 aromatic rings. The van der Waals surface area contributed by atoms with E-state index >= 15 is 0 Å². The lowest BCUT2D eigenvalue weighted by Gasteiger charge is -2.24. The standard InChI is InChI=1S/C16H21N3O2/c1-13-3-2-4-14(9-13)20-8-6-19-12-18-10-15(19)16-11-17-5-7-21-16/h2-4,9-10,12,16-17H,5-8,11H2,1H3. The molecular weight excluding hydrogens is 266 g/mol. The number of hydrogen-bond donors (Lipinski definition) is 1. The van der Waals surface area contributed by atoms with Crippen molar-refractivity contribution in [2.45, 2.75) is 19.6 Å². The summed E-state index contributed by atoms with van der Waals surface area (Å²) in [5.41, 5.74) is 2.31. The molecule has 0 bridgehead atoms. The summed E-state index contributed by atoms with van der Waals surface area (Å²) in [7, 11) is 0. The predicted octanol–water partition coefficient (Wildman–Crippen LogP) is 1.93. The number of hydrogen-bond acceptors (Lipinski definition) is 4. The molecule has 1 fully saturated rings. The lowest BCUT2D eigenvalue weighted by atomic mass is 10.2. The molecule has 0 aliphatic carbocycles. The minimum Gasteiger partial charge on any atom is -0.492 e. The summed E-state index contributed by atoms with van der Waals surface area (Å²) in [4.78, 5) is 4.24. The van der Waals surface area contributed by atoms with E-state index < -0.39 is 0 Å². The van der Waals surface area contributed by atoms with E-state index in [-0.39, 0.29) is 6.10 Å². The third-order valence-electron chi connectivity index (χ3n) is 3.59. The Morgan fingerprint density at radius 2 is 2.43 bits per heavy atom. The van der Waals surface area contributed by atoms with Crippen LogP contribution in [0.4, 0.5) is 0 Å². The normalized spacial score (nSPS) is 18.6. The van der Waals surface area contributed by atoms with Crippen LogP contribution in [-0.2, 0) is 11.3 Å². The smallest absolute Gasteiger partial charge is 0.119 e. The molecule has 0 spiro atoms. The zero-order valence-corrected chi connectivity index (χ0v) is 12.3. The van der Waals surface area contributed by atoms with Crippen molar-refractivity contribution in [1.29, 1.82) is 0 Å². The molecule has 5 nitrogen and oxygen atoms in total. The van der Waals surface area contributed by atoms with Crippen LogP contribution in [0.3, 0.4) is 0 Å². The summed E-state index contributed by atoms with van der Waals surface area (Å²) < 4.78 is 13.7. The van der Waals surface area contributed by atoms with Crippen LogP contribution < -0.4 is 10.1 Å². The molecule has 1 unspecified atom stereocenters. The largest absolute Gasteiger partial charge is 0.492 e. The maximum Gasteiger partial charge on any atom is 0.119 e. The maximum atomic E-state index is 5.80. The molecule has 3 rings (SSSR count). The van der Waals surface area contributed by atoms with Crippen molar-refractivity contribution in [2.75, 3.05) is 26.3 Å². The summed E-state index contributed by atoms with van der Waals surface area (Å²) in [6.07, 6.45) is 3.80. The van der Waals surface area contributed by atoms with Crippen LogP contribution in [0.5, 0.6) is 5.75 Å². The fraction of sp³-hybridized carbons (Fsp3) is 0.438. The second kappa shape index (κ2) is 6.74. The quantitative estimate of drug-likeness (QED) is 0.913. The molecule has 0 amide bonds. The highest BCUT2D eigenvalue weighted by atomic mass is 16.5. The van der Waals surface area contributed by atoms with Gasteiger partial charge in [0.25, 0.3) is 0 Å². The maximum absolute atomic E-state index is 5.80. The van der Waals surface area contributed by atoms with Crippen molar-refractivity contribution in [2.24, 2.45) is 0 Å². The average Bonchev–Trinajstić information content (AvgIpc) is 2.97. The first kappa shape index (κ1) is 14.1. The number of morpholine rings is 1. The Bertz CT molecular complexity index is 576. The number of rotatable bonds is 5. The monoisotopic (exact) mass is 287 g/mol. The fourth-order valence-electron chi connectivity index (χ4n) is 2.51. The van der Waals surface area contributed by atoms with Crippen LogP contribution >= 0.6 is 0 Å². The number of nitrogens with zero attached hydrogens (tertiary/aromatic N) is 2. The molecule has 0 radical (unpaired) electrons. The first-order chi connectivity index (χ1) is 10.3. The number of ether oxygens (including phenoxy) is 2. The number of nitrogens with one attached hydrogen (secondary N) is 1. The van der Waals surface area contributed by atoms with Crippen molar-refractivity contribution < 1.29 is 9.47 Å². The molecule has 1 aromatic heterocycles. The van der Waals surface area contributed by atoms with E-state index in [0.717, 1.165) is 37.7 Å². The summed E-state index contributed by atoms with van der Waals surface area (Å²) in [6.45, 7) is 5.95. The zero-order chi connectivity index (χ0) is 14.5. The van der Waals surface area contributed by atoms with Crippen LogP contribution in [0, 0.1) is 6.92 Å². The third-order valence-corrected chi connectivity index (χ3v) is 3.59. The molecule has 1 N–H and O–H groups in total. The topological polar surface area (TPSA) is 48.3 Å². The van der Waals surface area contributed by atoms with Gasteiger partial charge >= 0.3 is 0 Å². The first-order valence-corrected chi connectivity index (χ1v) is 7.35. The number of imidazole rings is 1. The van der Waals surface area contributed by atoms with Gasteiger partial charge in [0.05, 0.1) is 31.4 Å². The predicted molar refractivity (Wildman–Crippen MR) is 80.5 cm³/mol. The molecular formula is C16H21N3O2. The van der Waals surface area contributed by atoms with Gasteiger partial charge in [0, 0.05) is 13.1 Å². The fourth-order valence-corrected chi connectivity index (χ4v) is 2.51. The minimum atomic E-state index is 0.0835. The number of aryl methyl sites for hydroxylation is 1. The van der Waals surface area contributed by atoms with Gasteiger partial charge in [0.15, 0.2) is 0 Å². The Morgan fingerprint density at radius 1 is 1.48 bits per heavy atom. The van der Waals surface area contributed by atoms with Crippen molar-refractivity contribution in [3.8, 4) is 5.75 Å². The highest BCUT2D eigenvalue weighted by molar-refractivity contribution is 5.27. The van der Waals surface area contributed by atoms with Crippen LogP contribution in [0.25, 0.3) is 0 Å². The van der Waals surface area contributed by atoms with E-state index in [1.54, 1.807) is 0 Å². The lowest BCUT2D eigenvalue weighted by Crippen LogP contribution is -2.34. The SMILES string of the molecule is Cc1cccc(OCCn2cncc2C2CNCCO2)c1. The summed E-state index contributed by atoms with van der Waals surface area (Å²) >= 11 is 0. The minimum absolute atomic E-state index is 0.0835. The van der Waals surface area contributed by atoms with Gasteiger partial charge in [-0.25, -0.2) is 4.98 Å². The van der Waals surface area contributed by atoms with E-state index in [2.05, 4.69) is 27.9 Å². The number of aromatic nitrogens is 2. The van der Waals surface area contributed by atoms with Crippen molar-refractivity contribution in [3.63, 3.8) is 0 Å². The summed E-state index contributed by atoms with van der Waals surface area (Å²) in [6, 6.07) is 8.10. The Kier molecular flexibility index (Phi) is 4.52. The van der Waals surface area contributed by atoms with Gasteiger partial charge in [-0.1, -0.05) is 12.1 Å². The van der Waals surface area contributed by atoms with Crippen LogP contribution in [0.2, 0.25) is 0 Å². The van der Waals surface area contributed by atoms with Gasteiger partial charge < -0.3 is 19.4 Å². The Balaban J connectivity index is 1.57. The van der Waals surface area contributed by atoms with Crippen LogP contribution in [0.15, 0.2) is 36.8 Å². The molecule has 21 heavy (non-hydrogen) atoms. The Hall–Kier alpha value is -1.85. The molecule has 0 saturated carbocycles. The van der Waals surface area contributed by atoms with E-state index in [1.807, 2.05) is 30.7 Å². The molecule has 1 aliphatic heterocycles. The Labute approximate surface area is 124 Å². The summed E-state index contributed by atoms with van der Waals surface area (Å²) in [5.74, 6) is 0.909. The van der Waals surface area contributed by atoms with Crippen LogP contribution in [-0.4, -0.2) is 35.9 Å². The van der Waals surface area contributed by atoms with Gasteiger partial charge in [-0.3, -0.25) is 0 Å². The van der Waals surface area contributed by atoms with Crippen molar-refractivity contribution >= 4 is 0 Å². The highest BCUT2D eigenvalue weighted by Crippen LogP contribution is 2.18. The van der Waals surface area contributed by atoms with Gasteiger partial charge in [-0.2, -0.15) is 0 Å². The van der Waals surface area contributed by atoms with Gasteiger partial charge in [-0.05, 0) is 24.6 Å². The second-order valence-electron chi connectivity index (χ2n) is 5.24. The van der Waals surface area contributed by atoms with Gasteiger partial charge in [0.2, 0.25) is 0 Å². The molecule has 1 aliphatic rings. The highest BCUT2D eigenvalue weighted by Gasteiger charge is 2.19. The lowest BCUT2D eigenvalue weighted by molar-refractivity contribution is 0.0224. The molecule has 2 heterocycles. The second-order valence-corrected chi connectivity index (χ2v) is 5.24. The molecule has 1 aromatic carbocycles. The Morgan fingerprint density at radius 3 is 3.24 bits per heavy atom. The first-order valence-electron chi connectivity index (χ1n) is 7.35. The van der Waals surface area contributed by atoms with Crippen molar-refractivity contribution in [1.82, 2.24) is 14.9 Å². The molecule has 1 atom stereocenters.